The van der Waals surface area contributed by atoms with Crippen LogP contribution in [0.1, 0.15) is 18.1 Å². The van der Waals surface area contributed by atoms with Crippen LogP contribution in [0, 0.1) is 13.8 Å². The maximum absolute atomic E-state index is 11.1. The molecule has 1 aromatic rings. The Balaban J connectivity index is 2.80. The molecule has 1 rings (SSSR count). The molecule has 0 aliphatic rings. The summed E-state index contributed by atoms with van der Waals surface area (Å²) in [6.45, 7) is 5.64. The third kappa shape index (κ3) is 2.97. The average molecular weight is 237 g/mol. The molecule has 2 N–H and O–H groups in total. The van der Waals surface area contributed by atoms with Crippen LogP contribution in [0.2, 0.25) is 0 Å². The molecular formula is C13H19NO3. The Morgan fingerprint density at radius 1 is 1.47 bits per heavy atom. The Hall–Kier alpha value is -1.55. The van der Waals surface area contributed by atoms with Crippen LogP contribution in [-0.4, -0.2) is 30.3 Å². The molecule has 0 amide bonds. The third-order valence-corrected chi connectivity index (χ3v) is 3.10. The number of aryl methyl sites for hydroxylation is 1. The number of hydrogen-bond donors (Lipinski definition) is 2. The fraction of sp³-hybridized carbons (Fsp3) is 0.462. The molecule has 0 aliphatic carbocycles. The summed E-state index contributed by atoms with van der Waals surface area (Å²) in [5.74, 6) is -0.196. The van der Waals surface area contributed by atoms with Crippen LogP contribution < -0.4 is 10.1 Å². The topological polar surface area (TPSA) is 58.6 Å². The third-order valence-electron chi connectivity index (χ3n) is 3.10. The lowest BCUT2D eigenvalue weighted by Crippen LogP contribution is -2.52. The summed E-state index contributed by atoms with van der Waals surface area (Å²) in [6, 6.07) is 5.74. The molecule has 0 radical (unpaired) electrons. The first-order chi connectivity index (χ1) is 7.90. The second-order valence-corrected chi connectivity index (χ2v) is 4.37. The second kappa shape index (κ2) is 5.19. The van der Waals surface area contributed by atoms with Gasteiger partial charge in [-0.05, 0) is 45.0 Å². The number of aliphatic carboxylic acids is 1. The van der Waals surface area contributed by atoms with Crippen LogP contribution in [0.15, 0.2) is 18.2 Å². The number of nitrogens with one attached hydrogen (secondary N) is 1. The minimum atomic E-state index is -1.07. The van der Waals surface area contributed by atoms with E-state index in [-0.39, 0.29) is 6.61 Å². The average Bonchev–Trinajstić information content (AvgIpc) is 2.30. The van der Waals surface area contributed by atoms with Crippen molar-refractivity contribution < 1.29 is 14.6 Å². The largest absolute Gasteiger partial charge is 0.491 e. The van der Waals surface area contributed by atoms with Crippen molar-refractivity contribution >= 4 is 5.97 Å². The zero-order chi connectivity index (χ0) is 13.1. The molecule has 0 saturated heterocycles. The van der Waals surface area contributed by atoms with Crippen molar-refractivity contribution in [2.75, 3.05) is 13.7 Å². The first-order valence-corrected chi connectivity index (χ1v) is 5.52. The van der Waals surface area contributed by atoms with Gasteiger partial charge in [-0.2, -0.15) is 0 Å². The van der Waals surface area contributed by atoms with E-state index in [9.17, 15) is 4.79 Å². The highest BCUT2D eigenvalue weighted by Gasteiger charge is 2.32. The van der Waals surface area contributed by atoms with Crippen molar-refractivity contribution in [2.24, 2.45) is 0 Å². The minimum Gasteiger partial charge on any atom is -0.491 e. The van der Waals surface area contributed by atoms with Gasteiger partial charge < -0.3 is 15.2 Å². The standard InChI is InChI=1S/C13H19NO3/c1-9-6-5-7-11(10(9)2)17-8-13(3,14-4)12(15)16/h5-7,14H,8H2,1-4H3,(H,15,16). The second-order valence-electron chi connectivity index (χ2n) is 4.37. The van der Waals surface area contributed by atoms with E-state index in [1.807, 2.05) is 32.0 Å². The molecule has 0 spiro atoms. The molecule has 0 saturated carbocycles. The summed E-state index contributed by atoms with van der Waals surface area (Å²) in [7, 11) is 1.61. The quantitative estimate of drug-likeness (QED) is 0.819. The zero-order valence-corrected chi connectivity index (χ0v) is 10.7. The van der Waals surface area contributed by atoms with Crippen LogP contribution in [0.25, 0.3) is 0 Å². The molecule has 0 aliphatic heterocycles. The highest BCUT2D eigenvalue weighted by molar-refractivity contribution is 5.78. The summed E-state index contributed by atoms with van der Waals surface area (Å²) < 4.78 is 5.59. The lowest BCUT2D eigenvalue weighted by atomic mass is 10.0. The number of likely N-dealkylation sites (N-methyl/N-ethyl adjacent to an activating group) is 1. The van der Waals surface area contributed by atoms with Crippen LogP contribution in [0.4, 0.5) is 0 Å². The van der Waals surface area contributed by atoms with E-state index in [0.717, 1.165) is 16.9 Å². The van der Waals surface area contributed by atoms with Gasteiger partial charge in [-0.3, -0.25) is 4.79 Å². The van der Waals surface area contributed by atoms with Crippen LogP contribution >= 0.6 is 0 Å². The van der Waals surface area contributed by atoms with Crippen molar-refractivity contribution in [1.82, 2.24) is 5.32 Å². The van der Waals surface area contributed by atoms with E-state index >= 15 is 0 Å². The normalized spacial score (nSPS) is 14.1. The van der Waals surface area contributed by atoms with Crippen LogP contribution in [-0.2, 0) is 4.79 Å². The number of ether oxygens (including phenoxy) is 1. The molecule has 0 aromatic heterocycles. The smallest absolute Gasteiger partial charge is 0.327 e. The van der Waals surface area contributed by atoms with Crippen LogP contribution in [0.5, 0.6) is 5.75 Å². The molecule has 0 bridgehead atoms. The highest BCUT2D eigenvalue weighted by atomic mass is 16.5. The number of carboxylic acid groups (broad SMARTS) is 1. The molecule has 17 heavy (non-hydrogen) atoms. The van der Waals surface area contributed by atoms with E-state index in [2.05, 4.69) is 5.32 Å². The van der Waals surface area contributed by atoms with E-state index in [0.29, 0.717) is 0 Å². The first-order valence-electron chi connectivity index (χ1n) is 5.52. The fourth-order valence-corrected chi connectivity index (χ4v) is 1.34. The fourth-order valence-electron chi connectivity index (χ4n) is 1.34. The Kier molecular flexibility index (Phi) is 4.12. The van der Waals surface area contributed by atoms with Gasteiger partial charge in [0.2, 0.25) is 0 Å². The maximum Gasteiger partial charge on any atom is 0.327 e. The summed E-state index contributed by atoms with van der Waals surface area (Å²) in [4.78, 5) is 11.1. The Labute approximate surface area is 102 Å². The van der Waals surface area contributed by atoms with E-state index in [1.165, 1.54) is 0 Å². The van der Waals surface area contributed by atoms with E-state index in [4.69, 9.17) is 9.84 Å². The van der Waals surface area contributed by atoms with Crippen LogP contribution in [0.3, 0.4) is 0 Å². The Morgan fingerprint density at radius 2 is 2.12 bits per heavy atom. The van der Waals surface area contributed by atoms with Gasteiger partial charge in [0.15, 0.2) is 0 Å². The van der Waals surface area contributed by atoms with Crippen molar-refractivity contribution in [1.29, 1.82) is 0 Å². The number of rotatable bonds is 5. The van der Waals surface area contributed by atoms with Crippen molar-refractivity contribution in [3.63, 3.8) is 0 Å². The lowest BCUT2D eigenvalue weighted by molar-refractivity contribution is -0.145. The first kappa shape index (κ1) is 13.5. The summed E-state index contributed by atoms with van der Waals surface area (Å²) in [5.41, 5.74) is 1.09. The highest BCUT2D eigenvalue weighted by Crippen LogP contribution is 2.21. The Morgan fingerprint density at radius 3 is 2.65 bits per heavy atom. The van der Waals surface area contributed by atoms with Gasteiger partial charge in [0, 0.05) is 0 Å². The van der Waals surface area contributed by atoms with Crippen molar-refractivity contribution in [3.8, 4) is 5.75 Å². The van der Waals surface area contributed by atoms with Gasteiger partial charge in [-0.15, -0.1) is 0 Å². The van der Waals surface area contributed by atoms with Crippen molar-refractivity contribution in [2.45, 2.75) is 26.3 Å². The number of hydrogen-bond acceptors (Lipinski definition) is 3. The van der Waals surface area contributed by atoms with Gasteiger partial charge >= 0.3 is 5.97 Å². The van der Waals surface area contributed by atoms with Gasteiger partial charge in [0.05, 0.1) is 0 Å². The molecule has 0 fully saturated rings. The molecular weight excluding hydrogens is 218 g/mol. The van der Waals surface area contributed by atoms with Crippen molar-refractivity contribution in [3.05, 3.63) is 29.3 Å². The van der Waals surface area contributed by atoms with E-state index < -0.39 is 11.5 Å². The number of carbonyl (C=O) groups is 1. The van der Waals surface area contributed by atoms with Gasteiger partial charge in [0.25, 0.3) is 0 Å². The Bertz CT molecular complexity index is 417. The molecule has 1 unspecified atom stereocenters. The van der Waals surface area contributed by atoms with Gasteiger partial charge in [-0.1, -0.05) is 12.1 Å². The molecule has 4 nitrogen and oxygen atoms in total. The van der Waals surface area contributed by atoms with E-state index in [1.54, 1.807) is 14.0 Å². The predicted octanol–water partition coefficient (Wildman–Crippen LogP) is 1.74. The minimum absolute atomic E-state index is 0.0864. The summed E-state index contributed by atoms with van der Waals surface area (Å²) in [6.07, 6.45) is 0. The van der Waals surface area contributed by atoms with Gasteiger partial charge in [-0.25, -0.2) is 0 Å². The molecule has 0 heterocycles. The SMILES string of the molecule is CNC(C)(COc1cccc(C)c1C)C(=O)O. The molecule has 1 atom stereocenters. The summed E-state index contributed by atoms with van der Waals surface area (Å²) >= 11 is 0. The number of benzene rings is 1. The maximum atomic E-state index is 11.1. The molecule has 4 heteroatoms. The summed E-state index contributed by atoms with van der Waals surface area (Å²) in [5, 5.41) is 11.8. The molecule has 94 valence electrons. The predicted molar refractivity (Wildman–Crippen MR) is 66.5 cm³/mol. The van der Waals surface area contributed by atoms with Gasteiger partial charge in [0.1, 0.15) is 17.9 Å². The zero-order valence-electron chi connectivity index (χ0n) is 10.7. The number of carboxylic acids is 1. The lowest BCUT2D eigenvalue weighted by Gasteiger charge is -2.24. The monoisotopic (exact) mass is 237 g/mol. The molecule has 1 aromatic carbocycles.